The summed E-state index contributed by atoms with van der Waals surface area (Å²) < 4.78 is 0. The van der Waals surface area contributed by atoms with E-state index in [1.165, 1.54) is 0 Å². The van der Waals surface area contributed by atoms with Gasteiger partial charge in [-0.1, -0.05) is 25.7 Å². The maximum absolute atomic E-state index is 11.3. The molecule has 0 aromatic heterocycles. The molecule has 1 saturated carbocycles. The van der Waals surface area contributed by atoms with E-state index in [2.05, 4.69) is 0 Å². The van der Waals surface area contributed by atoms with Crippen LogP contribution in [0.15, 0.2) is 0 Å². The fourth-order valence-electron chi connectivity index (χ4n) is 2.46. The highest BCUT2D eigenvalue weighted by molar-refractivity contribution is 6.02. The predicted molar refractivity (Wildman–Crippen MR) is 56.5 cm³/mol. The molecule has 6 heteroatoms. The van der Waals surface area contributed by atoms with Gasteiger partial charge in [0, 0.05) is 0 Å². The highest BCUT2D eigenvalue weighted by Gasteiger charge is 2.55. The molecule has 96 valence electrons. The second-order valence-electron chi connectivity index (χ2n) is 4.43. The minimum atomic E-state index is -2.17. The highest BCUT2D eigenvalue weighted by atomic mass is 16.4. The SMILES string of the molecule is O=C(O)C1CCCCCCC1(C(=O)O)C(=O)O. The van der Waals surface area contributed by atoms with Crippen molar-refractivity contribution < 1.29 is 29.7 Å². The van der Waals surface area contributed by atoms with Gasteiger partial charge < -0.3 is 15.3 Å². The zero-order valence-electron chi connectivity index (χ0n) is 9.39. The first-order chi connectivity index (χ1) is 7.93. The van der Waals surface area contributed by atoms with Crippen LogP contribution in [0.1, 0.15) is 38.5 Å². The number of carboxylic acids is 3. The van der Waals surface area contributed by atoms with Crippen LogP contribution in [-0.4, -0.2) is 33.2 Å². The summed E-state index contributed by atoms with van der Waals surface area (Å²) in [5.41, 5.74) is -2.17. The van der Waals surface area contributed by atoms with Gasteiger partial charge in [0.1, 0.15) is 0 Å². The summed E-state index contributed by atoms with van der Waals surface area (Å²) in [5, 5.41) is 27.4. The lowest BCUT2D eigenvalue weighted by atomic mass is 9.68. The maximum atomic E-state index is 11.3. The minimum absolute atomic E-state index is 0.105. The summed E-state index contributed by atoms with van der Waals surface area (Å²) in [6.07, 6.45) is 2.54. The highest BCUT2D eigenvalue weighted by Crippen LogP contribution is 2.40. The third-order valence-electron chi connectivity index (χ3n) is 3.47. The van der Waals surface area contributed by atoms with Crippen molar-refractivity contribution in [1.29, 1.82) is 0 Å². The van der Waals surface area contributed by atoms with E-state index in [0.717, 1.165) is 12.8 Å². The number of aliphatic carboxylic acids is 3. The molecule has 0 aromatic rings. The van der Waals surface area contributed by atoms with Gasteiger partial charge in [-0.3, -0.25) is 14.4 Å². The molecule has 1 unspecified atom stereocenters. The summed E-state index contributed by atoms with van der Waals surface area (Å²) in [6, 6.07) is 0. The molecule has 1 fully saturated rings. The standard InChI is InChI=1S/C11H16O6/c12-8(13)7-5-3-1-2-4-6-11(7,9(14)15)10(16)17/h7H,1-6H2,(H,12,13)(H,14,15)(H,16,17). The molecule has 0 aromatic carbocycles. The molecular formula is C11H16O6. The van der Waals surface area contributed by atoms with Crippen molar-refractivity contribution in [2.45, 2.75) is 38.5 Å². The molecule has 1 aliphatic carbocycles. The van der Waals surface area contributed by atoms with Crippen molar-refractivity contribution in [3.8, 4) is 0 Å². The number of hydrogen-bond acceptors (Lipinski definition) is 3. The number of hydrogen-bond donors (Lipinski definition) is 3. The van der Waals surface area contributed by atoms with Crippen LogP contribution in [0.5, 0.6) is 0 Å². The minimum Gasteiger partial charge on any atom is -0.481 e. The Morgan fingerprint density at radius 2 is 1.41 bits per heavy atom. The Balaban J connectivity index is 3.18. The van der Waals surface area contributed by atoms with Gasteiger partial charge in [-0.05, 0) is 12.8 Å². The number of rotatable bonds is 3. The van der Waals surface area contributed by atoms with Crippen LogP contribution in [0.25, 0.3) is 0 Å². The molecule has 1 rings (SSSR count). The van der Waals surface area contributed by atoms with Gasteiger partial charge in [0.25, 0.3) is 0 Å². The number of carboxylic acid groups (broad SMARTS) is 3. The Hall–Kier alpha value is -1.59. The Labute approximate surface area is 98.3 Å². The van der Waals surface area contributed by atoms with E-state index in [9.17, 15) is 14.4 Å². The lowest BCUT2D eigenvalue weighted by Crippen LogP contribution is -2.49. The molecule has 1 atom stereocenters. The lowest BCUT2D eigenvalue weighted by molar-refractivity contribution is -0.177. The van der Waals surface area contributed by atoms with E-state index < -0.39 is 29.2 Å². The zero-order valence-corrected chi connectivity index (χ0v) is 9.39. The van der Waals surface area contributed by atoms with E-state index in [4.69, 9.17) is 15.3 Å². The van der Waals surface area contributed by atoms with Crippen molar-refractivity contribution in [1.82, 2.24) is 0 Å². The monoisotopic (exact) mass is 244 g/mol. The summed E-state index contributed by atoms with van der Waals surface area (Å²) >= 11 is 0. The molecule has 17 heavy (non-hydrogen) atoms. The molecule has 0 radical (unpaired) electrons. The van der Waals surface area contributed by atoms with Crippen LogP contribution in [0.2, 0.25) is 0 Å². The largest absolute Gasteiger partial charge is 0.481 e. The van der Waals surface area contributed by atoms with Crippen LogP contribution in [0.3, 0.4) is 0 Å². The van der Waals surface area contributed by atoms with Gasteiger partial charge in [0.15, 0.2) is 5.41 Å². The fraction of sp³-hybridized carbons (Fsp3) is 0.727. The average molecular weight is 244 g/mol. The summed E-state index contributed by atoms with van der Waals surface area (Å²) in [5.74, 6) is -5.77. The van der Waals surface area contributed by atoms with Gasteiger partial charge in [-0.15, -0.1) is 0 Å². The molecule has 0 amide bonds. The third kappa shape index (κ3) is 2.40. The Kier molecular flexibility index (Phi) is 4.09. The molecule has 1 aliphatic rings. The van der Waals surface area contributed by atoms with Crippen molar-refractivity contribution in [2.75, 3.05) is 0 Å². The van der Waals surface area contributed by atoms with Crippen LogP contribution < -0.4 is 0 Å². The Bertz CT molecular complexity index is 321. The molecule has 6 nitrogen and oxygen atoms in total. The quantitative estimate of drug-likeness (QED) is 0.643. The predicted octanol–water partition coefficient (Wildman–Crippen LogP) is 1.20. The fourth-order valence-corrected chi connectivity index (χ4v) is 2.46. The van der Waals surface area contributed by atoms with Crippen molar-refractivity contribution >= 4 is 17.9 Å². The van der Waals surface area contributed by atoms with E-state index in [1.807, 2.05) is 0 Å². The molecule has 0 spiro atoms. The average Bonchev–Trinajstić information content (AvgIpc) is 2.15. The van der Waals surface area contributed by atoms with E-state index in [-0.39, 0.29) is 12.8 Å². The molecule has 0 saturated heterocycles. The van der Waals surface area contributed by atoms with Crippen LogP contribution in [0, 0.1) is 11.3 Å². The second-order valence-corrected chi connectivity index (χ2v) is 4.43. The lowest BCUT2D eigenvalue weighted by Gasteiger charge is -2.32. The first-order valence-corrected chi connectivity index (χ1v) is 5.62. The topological polar surface area (TPSA) is 112 Å². The van der Waals surface area contributed by atoms with Gasteiger partial charge in [0.2, 0.25) is 0 Å². The molecule has 0 heterocycles. The van der Waals surface area contributed by atoms with Gasteiger partial charge in [-0.2, -0.15) is 0 Å². The third-order valence-corrected chi connectivity index (χ3v) is 3.47. The van der Waals surface area contributed by atoms with Crippen molar-refractivity contribution in [3.63, 3.8) is 0 Å². The molecular weight excluding hydrogens is 228 g/mol. The van der Waals surface area contributed by atoms with E-state index >= 15 is 0 Å². The summed E-state index contributed by atoms with van der Waals surface area (Å²) in [4.78, 5) is 33.6. The van der Waals surface area contributed by atoms with E-state index in [0.29, 0.717) is 12.8 Å². The van der Waals surface area contributed by atoms with Crippen molar-refractivity contribution in [2.24, 2.45) is 11.3 Å². The van der Waals surface area contributed by atoms with Crippen LogP contribution in [-0.2, 0) is 14.4 Å². The smallest absolute Gasteiger partial charge is 0.321 e. The number of carbonyl (C=O) groups is 3. The summed E-state index contributed by atoms with van der Waals surface area (Å²) in [7, 11) is 0. The van der Waals surface area contributed by atoms with Crippen LogP contribution >= 0.6 is 0 Å². The van der Waals surface area contributed by atoms with Gasteiger partial charge >= 0.3 is 17.9 Å². The van der Waals surface area contributed by atoms with Gasteiger partial charge in [-0.25, -0.2) is 0 Å². The Morgan fingerprint density at radius 1 is 0.882 bits per heavy atom. The Morgan fingerprint density at radius 3 is 1.88 bits per heavy atom. The molecule has 0 bridgehead atoms. The first kappa shape index (κ1) is 13.5. The summed E-state index contributed by atoms with van der Waals surface area (Å²) in [6.45, 7) is 0. The van der Waals surface area contributed by atoms with E-state index in [1.54, 1.807) is 0 Å². The molecule has 0 aliphatic heterocycles. The van der Waals surface area contributed by atoms with Crippen molar-refractivity contribution in [3.05, 3.63) is 0 Å². The van der Waals surface area contributed by atoms with Gasteiger partial charge in [0.05, 0.1) is 5.92 Å². The maximum Gasteiger partial charge on any atom is 0.321 e. The second kappa shape index (κ2) is 5.16. The normalized spacial score (nSPS) is 24.4. The molecule has 3 N–H and O–H groups in total. The zero-order chi connectivity index (χ0) is 13.1. The first-order valence-electron chi connectivity index (χ1n) is 5.62. The van der Waals surface area contributed by atoms with Crippen LogP contribution in [0.4, 0.5) is 0 Å².